The fourth-order valence-electron chi connectivity index (χ4n) is 4.08. The van der Waals surface area contributed by atoms with Crippen LogP contribution in [0.15, 0.2) is 53.4 Å². The van der Waals surface area contributed by atoms with Gasteiger partial charge in [0.25, 0.3) is 0 Å². The van der Waals surface area contributed by atoms with Crippen molar-refractivity contribution >= 4 is 15.9 Å². The molecule has 1 amide bonds. The number of carbonyl (C=O) groups excluding carboxylic acids is 1. The van der Waals surface area contributed by atoms with Gasteiger partial charge in [0.15, 0.2) is 0 Å². The number of likely N-dealkylation sites (N-methyl/N-ethyl adjacent to an activating group) is 1. The highest BCUT2D eigenvalue weighted by molar-refractivity contribution is 7.89. The van der Waals surface area contributed by atoms with Crippen LogP contribution in [-0.2, 0) is 21.2 Å². The van der Waals surface area contributed by atoms with Crippen molar-refractivity contribution in [3.63, 3.8) is 0 Å². The summed E-state index contributed by atoms with van der Waals surface area (Å²) in [7, 11) is -3.70. The largest absolute Gasteiger partial charge is 0.342 e. The number of likely N-dealkylation sites (tertiary alicyclic amines) is 1. The average molecular weight is 429 g/mol. The second-order valence-electron chi connectivity index (χ2n) is 8.21. The predicted molar refractivity (Wildman–Crippen MR) is 120 cm³/mol. The molecule has 162 valence electrons. The lowest BCUT2D eigenvalue weighted by molar-refractivity contribution is -0.132. The fourth-order valence-corrected chi connectivity index (χ4v) is 5.78. The Bertz CT molecular complexity index is 965. The van der Waals surface area contributed by atoms with Crippen molar-refractivity contribution in [3.8, 4) is 0 Å². The van der Waals surface area contributed by atoms with E-state index in [1.54, 1.807) is 19.9 Å². The van der Waals surface area contributed by atoms with Crippen LogP contribution in [0.4, 0.5) is 0 Å². The summed E-state index contributed by atoms with van der Waals surface area (Å²) in [6.45, 7) is 7.00. The molecule has 0 spiro atoms. The van der Waals surface area contributed by atoms with Gasteiger partial charge in [-0.3, -0.25) is 4.79 Å². The van der Waals surface area contributed by atoms with Crippen molar-refractivity contribution in [2.24, 2.45) is 5.92 Å². The Morgan fingerprint density at radius 1 is 1.07 bits per heavy atom. The number of hydrogen-bond acceptors (Lipinski definition) is 3. The third kappa shape index (κ3) is 5.29. The van der Waals surface area contributed by atoms with Crippen molar-refractivity contribution in [1.82, 2.24) is 9.21 Å². The molecule has 1 fully saturated rings. The molecule has 2 aromatic rings. The Kier molecular flexibility index (Phi) is 7.32. The van der Waals surface area contributed by atoms with E-state index in [2.05, 4.69) is 24.3 Å². The summed E-state index contributed by atoms with van der Waals surface area (Å²) < 4.78 is 27.6. The molecule has 0 aliphatic carbocycles. The van der Waals surface area contributed by atoms with Crippen molar-refractivity contribution in [3.05, 3.63) is 65.2 Å². The first-order valence-electron chi connectivity index (χ1n) is 10.7. The first kappa shape index (κ1) is 22.5. The van der Waals surface area contributed by atoms with Crippen molar-refractivity contribution in [2.75, 3.05) is 26.2 Å². The second-order valence-corrected chi connectivity index (χ2v) is 10.1. The van der Waals surface area contributed by atoms with Crippen LogP contribution < -0.4 is 0 Å². The van der Waals surface area contributed by atoms with Crippen LogP contribution in [0.5, 0.6) is 0 Å². The van der Waals surface area contributed by atoms with Gasteiger partial charge in [0.2, 0.25) is 15.9 Å². The van der Waals surface area contributed by atoms with Gasteiger partial charge in [-0.05, 0) is 61.8 Å². The fraction of sp³-hybridized carbons (Fsp3) is 0.458. The van der Waals surface area contributed by atoms with Crippen LogP contribution >= 0.6 is 0 Å². The second kappa shape index (κ2) is 9.75. The zero-order valence-electron chi connectivity index (χ0n) is 18.2. The van der Waals surface area contributed by atoms with Gasteiger partial charge in [-0.1, -0.05) is 49.4 Å². The van der Waals surface area contributed by atoms with Crippen LogP contribution in [0, 0.1) is 19.8 Å². The topological polar surface area (TPSA) is 57.7 Å². The maximum absolute atomic E-state index is 13.2. The van der Waals surface area contributed by atoms with Gasteiger partial charge < -0.3 is 4.90 Å². The highest BCUT2D eigenvalue weighted by Crippen LogP contribution is 2.24. The molecule has 6 heteroatoms. The van der Waals surface area contributed by atoms with Crippen molar-refractivity contribution < 1.29 is 13.2 Å². The van der Waals surface area contributed by atoms with Crippen LogP contribution in [0.1, 0.15) is 36.5 Å². The SMILES string of the molecule is CCN(CC(=O)N1CCC(Cc2ccccc2)CC1)S(=O)(=O)c1cc(C)ccc1C. The standard InChI is InChI=1S/C24H32N2O3S/c1-4-26(30(28,29)23-16-19(2)10-11-20(23)3)18-24(27)25-14-12-22(13-15-25)17-21-8-6-5-7-9-21/h5-11,16,22H,4,12-15,17-18H2,1-3H3. The summed E-state index contributed by atoms with van der Waals surface area (Å²) in [4.78, 5) is 15.0. The Labute approximate surface area is 180 Å². The Morgan fingerprint density at radius 3 is 2.37 bits per heavy atom. The summed E-state index contributed by atoms with van der Waals surface area (Å²) in [5, 5.41) is 0. The third-order valence-electron chi connectivity index (χ3n) is 5.96. The van der Waals surface area contributed by atoms with Gasteiger partial charge in [-0.25, -0.2) is 8.42 Å². The van der Waals surface area contributed by atoms with E-state index in [-0.39, 0.29) is 19.0 Å². The highest BCUT2D eigenvalue weighted by atomic mass is 32.2. The highest BCUT2D eigenvalue weighted by Gasteiger charge is 2.30. The van der Waals surface area contributed by atoms with E-state index in [9.17, 15) is 13.2 Å². The minimum atomic E-state index is -3.70. The number of carbonyl (C=O) groups is 1. The number of hydrogen-bond donors (Lipinski definition) is 0. The number of rotatable bonds is 7. The summed E-state index contributed by atoms with van der Waals surface area (Å²) in [5.41, 5.74) is 2.93. The first-order valence-corrected chi connectivity index (χ1v) is 12.1. The van der Waals surface area contributed by atoms with Gasteiger partial charge >= 0.3 is 0 Å². The van der Waals surface area contributed by atoms with E-state index in [0.717, 1.165) is 24.8 Å². The molecule has 0 aromatic heterocycles. The zero-order valence-corrected chi connectivity index (χ0v) is 19.0. The molecule has 0 atom stereocenters. The summed E-state index contributed by atoms with van der Waals surface area (Å²) in [5.74, 6) is 0.460. The van der Waals surface area contributed by atoms with Gasteiger partial charge in [0, 0.05) is 19.6 Å². The minimum Gasteiger partial charge on any atom is -0.342 e. The Morgan fingerprint density at radius 2 is 1.73 bits per heavy atom. The maximum atomic E-state index is 13.2. The van der Waals surface area contributed by atoms with E-state index in [4.69, 9.17) is 0 Å². The lowest BCUT2D eigenvalue weighted by Gasteiger charge is -2.33. The smallest absolute Gasteiger partial charge is 0.243 e. The van der Waals surface area contributed by atoms with Crippen LogP contribution in [0.3, 0.4) is 0 Å². The van der Waals surface area contributed by atoms with E-state index in [0.29, 0.717) is 29.5 Å². The normalized spacial score (nSPS) is 15.5. The van der Waals surface area contributed by atoms with Crippen molar-refractivity contribution in [2.45, 2.75) is 44.9 Å². The van der Waals surface area contributed by atoms with Gasteiger partial charge in [-0.2, -0.15) is 4.31 Å². The molecular formula is C24H32N2O3S. The van der Waals surface area contributed by atoms with Crippen molar-refractivity contribution in [1.29, 1.82) is 0 Å². The number of nitrogens with zero attached hydrogens (tertiary/aromatic N) is 2. The predicted octanol–water partition coefficient (Wildman–Crippen LogP) is 3.80. The molecule has 5 nitrogen and oxygen atoms in total. The molecule has 1 aliphatic rings. The summed E-state index contributed by atoms with van der Waals surface area (Å²) in [6.07, 6.45) is 2.94. The van der Waals surface area contributed by atoms with Crippen LogP contribution in [-0.4, -0.2) is 49.7 Å². The summed E-state index contributed by atoms with van der Waals surface area (Å²) >= 11 is 0. The molecular weight excluding hydrogens is 396 g/mol. The number of benzene rings is 2. The third-order valence-corrected chi connectivity index (χ3v) is 8.02. The monoisotopic (exact) mass is 428 g/mol. The van der Waals surface area contributed by atoms with E-state index >= 15 is 0 Å². The van der Waals surface area contributed by atoms with Gasteiger partial charge in [-0.15, -0.1) is 0 Å². The number of piperidine rings is 1. The van der Waals surface area contributed by atoms with Gasteiger partial charge in [0.1, 0.15) is 0 Å². The number of aryl methyl sites for hydroxylation is 2. The molecule has 0 N–H and O–H groups in total. The molecule has 0 unspecified atom stereocenters. The average Bonchev–Trinajstić information content (AvgIpc) is 2.74. The number of sulfonamides is 1. The lowest BCUT2D eigenvalue weighted by atomic mass is 9.90. The van der Waals surface area contributed by atoms with Gasteiger partial charge in [0.05, 0.1) is 11.4 Å². The zero-order chi connectivity index (χ0) is 21.7. The molecule has 1 saturated heterocycles. The quantitative estimate of drug-likeness (QED) is 0.674. The van der Waals surface area contributed by atoms with E-state index in [1.807, 2.05) is 30.0 Å². The molecule has 1 aliphatic heterocycles. The molecule has 3 rings (SSSR count). The lowest BCUT2D eigenvalue weighted by Crippen LogP contribution is -2.46. The van der Waals surface area contributed by atoms with E-state index in [1.165, 1.54) is 9.87 Å². The van der Waals surface area contributed by atoms with Crippen LogP contribution in [0.25, 0.3) is 0 Å². The number of amides is 1. The molecule has 0 bridgehead atoms. The molecule has 0 saturated carbocycles. The van der Waals surface area contributed by atoms with Crippen LogP contribution in [0.2, 0.25) is 0 Å². The molecule has 2 aromatic carbocycles. The molecule has 0 radical (unpaired) electrons. The molecule has 1 heterocycles. The summed E-state index contributed by atoms with van der Waals surface area (Å²) in [6, 6.07) is 15.8. The first-order chi connectivity index (χ1) is 14.3. The maximum Gasteiger partial charge on any atom is 0.243 e. The Balaban J connectivity index is 1.61. The molecule has 30 heavy (non-hydrogen) atoms. The van der Waals surface area contributed by atoms with E-state index < -0.39 is 10.0 Å². The minimum absolute atomic E-state index is 0.102. The Hall–Kier alpha value is -2.18.